The molecule has 2 aliphatic heterocycles. The number of benzene rings is 1. The van der Waals surface area contributed by atoms with Gasteiger partial charge in [0.1, 0.15) is 0 Å². The third-order valence-corrected chi connectivity index (χ3v) is 5.11. The molecule has 0 radical (unpaired) electrons. The molecule has 2 saturated heterocycles. The number of hydrogen-bond donors (Lipinski definition) is 0. The van der Waals surface area contributed by atoms with Gasteiger partial charge in [-0.3, -0.25) is 4.79 Å². The Bertz CT molecular complexity index is 518. The Kier molecular flexibility index (Phi) is 5.55. The molecule has 2 fully saturated rings. The molecule has 0 spiro atoms. The van der Waals surface area contributed by atoms with Gasteiger partial charge in [-0.05, 0) is 49.8 Å². The summed E-state index contributed by atoms with van der Waals surface area (Å²) in [4.78, 5) is 16.8. The van der Waals surface area contributed by atoms with Crippen LogP contribution < -0.4 is 4.90 Å². The highest BCUT2D eigenvalue weighted by Gasteiger charge is 2.22. The normalized spacial score (nSPS) is 19.9. The molecule has 0 bridgehead atoms. The molecule has 1 amide bonds. The molecule has 1 aromatic carbocycles. The van der Waals surface area contributed by atoms with Crippen LogP contribution in [0, 0.1) is 12.8 Å². The summed E-state index contributed by atoms with van der Waals surface area (Å²) in [6.45, 7) is 7.43. The minimum absolute atomic E-state index is 0.334. The fourth-order valence-electron chi connectivity index (χ4n) is 3.56. The molecule has 2 heterocycles. The second-order valence-electron chi connectivity index (χ2n) is 6.80. The van der Waals surface area contributed by atoms with E-state index in [-0.39, 0.29) is 0 Å². The first kappa shape index (κ1) is 16.3. The molecule has 0 aromatic heterocycles. The number of anilines is 1. The number of carbonyl (C=O) groups is 1. The van der Waals surface area contributed by atoms with Crippen molar-refractivity contribution in [2.24, 2.45) is 5.92 Å². The van der Waals surface area contributed by atoms with Gasteiger partial charge in [0.15, 0.2) is 0 Å². The van der Waals surface area contributed by atoms with E-state index in [2.05, 4.69) is 36.1 Å². The van der Waals surface area contributed by atoms with Crippen LogP contribution in [0.5, 0.6) is 0 Å². The van der Waals surface area contributed by atoms with Crippen molar-refractivity contribution in [1.82, 2.24) is 4.90 Å². The first-order valence-electron chi connectivity index (χ1n) is 8.89. The lowest BCUT2D eigenvalue weighted by Gasteiger charge is -2.36. The molecular formula is C19H28N2O2. The quantitative estimate of drug-likeness (QED) is 0.856. The lowest BCUT2D eigenvalue weighted by atomic mass is 9.94. The van der Waals surface area contributed by atoms with Gasteiger partial charge in [-0.2, -0.15) is 0 Å². The van der Waals surface area contributed by atoms with E-state index in [0.29, 0.717) is 18.2 Å². The average molecular weight is 316 g/mol. The first-order chi connectivity index (χ1) is 11.2. The summed E-state index contributed by atoms with van der Waals surface area (Å²) in [7, 11) is 0. The molecule has 0 saturated carbocycles. The van der Waals surface area contributed by atoms with E-state index >= 15 is 0 Å². The average Bonchev–Trinajstić information content (AvgIpc) is 2.61. The minimum Gasteiger partial charge on any atom is -0.381 e. The van der Waals surface area contributed by atoms with Gasteiger partial charge < -0.3 is 14.5 Å². The second kappa shape index (κ2) is 7.82. The predicted molar refractivity (Wildman–Crippen MR) is 92.7 cm³/mol. The predicted octanol–water partition coefficient (Wildman–Crippen LogP) is 2.85. The molecule has 3 rings (SSSR count). The maximum absolute atomic E-state index is 12.4. The molecular weight excluding hydrogens is 288 g/mol. The smallest absolute Gasteiger partial charge is 0.222 e. The molecule has 2 aliphatic rings. The molecule has 0 N–H and O–H groups in total. The molecule has 1 aromatic rings. The van der Waals surface area contributed by atoms with Gasteiger partial charge in [-0.1, -0.05) is 12.1 Å². The SMILES string of the molecule is Cc1cccc(N2CCN(C(=O)CCC3CCOCC3)CC2)c1. The molecule has 23 heavy (non-hydrogen) atoms. The van der Waals surface area contributed by atoms with Crippen molar-refractivity contribution >= 4 is 11.6 Å². The van der Waals surface area contributed by atoms with E-state index in [1.54, 1.807) is 0 Å². The summed E-state index contributed by atoms with van der Waals surface area (Å²) in [5.41, 5.74) is 2.57. The van der Waals surface area contributed by atoms with Crippen molar-refractivity contribution in [2.45, 2.75) is 32.6 Å². The number of hydrogen-bond acceptors (Lipinski definition) is 3. The van der Waals surface area contributed by atoms with Crippen molar-refractivity contribution in [1.29, 1.82) is 0 Å². The fourth-order valence-corrected chi connectivity index (χ4v) is 3.56. The summed E-state index contributed by atoms with van der Waals surface area (Å²) in [5, 5.41) is 0. The second-order valence-corrected chi connectivity index (χ2v) is 6.80. The highest BCUT2D eigenvalue weighted by atomic mass is 16.5. The van der Waals surface area contributed by atoms with Gasteiger partial charge in [-0.15, -0.1) is 0 Å². The number of aryl methyl sites for hydroxylation is 1. The third-order valence-electron chi connectivity index (χ3n) is 5.11. The van der Waals surface area contributed by atoms with E-state index < -0.39 is 0 Å². The number of carbonyl (C=O) groups excluding carboxylic acids is 1. The van der Waals surface area contributed by atoms with Crippen LogP contribution >= 0.6 is 0 Å². The Morgan fingerprint density at radius 1 is 1.17 bits per heavy atom. The van der Waals surface area contributed by atoms with Gasteiger partial charge >= 0.3 is 0 Å². The molecule has 4 heteroatoms. The van der Waals surface area contributed by atoms with Gasteiger partial charge in [0.25, 0.3) is 0 Å². The first-order valence-corrected chi connectivity index (χ1v) is 8.89. The highest BCUT2D eigenvalue weighted by molar-refractivity contribution is 5.76. The van der Waals surface area contributed by atoms with Crippen molar-refractivity contribution in [2.75, 3.05) is 44.3 Å². The van der Waals surface area contributed by atoms with E-state index in [4.69, 9.17) is 4.74 Å². The van der Waals surface area contributed by atoms with Crippen LogP contribution in [0.4, 0.5) is 5.69 Å². The van der Waals surface area contributed by atoms with Crippen molar-refractivity contribution in [3.63, 3.8) is 0 Å². The third kappa shape index (κ3) is 4.47. The Morgan fingerprint density at radius 2 is 1.91 bits per heavy atom. The van der Waals surface area contributed by atoms with Gasteiger partial charge in [0.05, 0.1) is 0 Å². The van der Waals surface area contributed by atoms with E-state index in [1.165, 1.54) is 11.3 Å². The van der Waals surface area contributed by atoms with Crippen molar-refractivity contribution in [3.05, 3.63) is 29.8 Å². The largest absolute Gasteiger partial charge is 0.381 e. The maximum atomic E-state index is 12.4. The summed E-state index contributed by atoms with van der Waals surface area (Å²) < 4.78 is 5.38. The van der Waals surface area contributed by atoms with Crippen LogP contribution in [0.15, 0.2) is 24.3 Å². The van der Waals surface area contributed by atoms with E-state index in [1.807, 2.05) is 4.90 Å². The van der Waals surface area contributed by atoms with Crippen LogP contribution in [0.25, 0.3) is 0 Å². The summed E-state index contributed by atoms with van der Waals surface area (Å²) in [6, 6.07) is 8.62. The van der Waals surface area contributed by atoms with Crippen LogP contribution in [0.1, 0.15) is 31.2 Å². The molecule has 0 atom stereocenters. The van der Waals surface area contributed by atoms with Crippen LogP contribution in [0.3, 0.4) is 0 Å². The van der Waals surface area contributed by atoms with Crippen LogP contribution in [-0.2, 0) is 9.53 Å². The minimum atomic E-state index is 0.334. The van der Waals surface area contributed by atoms with Crippen LogP contribution in [0.2, 0.25) is 0 Å². The fraction of sp³-hybridized carbons (Fsp3) is 0.632. The van der Waals surface area contributed by atoms with Gasteiger partial charge in [0.2, 0.25) is 5.91 Å². The Hall–Kier alpha value is -1.55. The topological polar surface area (TPSA) is 32.8 Å². The summed E-state index contributed by atoms with van der Waals surface area (Å²) >= 11 is 0. The number of piperazine rings is 1. The van der Waals surface area contributed by atoms with Gasteiger partial charge in [-0.25, -0.2) is 0 Å². The number of rotatable bonds is 4. The Labute approximate surface area is 139 Å². The zero-order valence-electron chi connectivity index (χ0n) is 14.2. The zero-order chi connectivity index (χ0) is 16.1. The van der Waals surface area contributed by atoms with E-state index in [0.717, 1.165) is 58.7 Å². The molecule has 0 unspecified atom stereocenters. The standard InChI is InChI=1S/C19H28N2O2/c1-16-3-2-4-18(15-16)20-9-11-21(12-10-20)19(22)6-5-17-7-13-23-14-8-17/h2-4,15,17H,5-14H2,1H3. The van der Waals surface area contributed by atoms with Gasteiger partial charge in [0, 0.05) is 51.5 Å². The summed E-state index contributed by atoms with van der Waals surface area (Å²) in [5.74, 6) is 1.02. The number of ether oxygens (including phenoxy) is 1. The van der Waals surface area contributed by atoms with Crippen LogP contribution in [-0.4, -0.2) is 50.2 Å². The zero-order valence-corrected chi connectivity index (χ0v) is 14.2. The lowest BCUT2D eigenvalue weighted by Crippen LogP contribution is -2.48. The highest BCUT2D eigenvalue weighted by Crippen LogP contribution is 2.22. The maximum Gasteiger partial charge on any atom is 0.222 e. The Balaban J connectivity index is 1.43. The van der Waals surface area contributed by atoms with E-state index in [9.17, 15) is 4.79 Å². The lowest BCUT2D eigenvalue weighted by molar-refractivity contribution is -0.132. The summed E-state index contributed by atoms with van der Waals surface area (Å²) in [6.07, 6.45) is 3.97. The number of amides is 1. The Morgan fingerprint density at radius 3 is 2.61 bits per heavy atom. The van der Waals surface area contributed by atoms with Crippen molar-refractivity contribution in [3.8, 4) is 0 Å². The molecule has 126 valence electrons. The monoisotopic (exact) mass is 316 g/mol. The van der Waals surface area contributed by atoms with Crippen molar-refractivity contribution < 1.29 is 9.53 Å². The molecule has 4 nitrogen and oxygen atoms in total. The molecule has 0 aliphatic carbocycles. The number of nitrogens with zero attached hydrogens (tertiary/aromatic N) is 2.